The van der Waals surface area contributed by atoms with Crippen molar-refractivity contribution in [1.82, 2.24) is 4.90 Å². The molecule has 1 fully saturated rings. The van der Waals surface area contributed by atoms with Gasteiger partial charge in [-0.2, -0.15) is 0 Å². The van der Waals surface area contributed by atoms with Crippen LogP contribution in [0.1, 0.15) is 41.6 Å². The number of rotatable bonds is 3. The van der Waals surface area contributed by atoms with Crippen LogP contribution in [0, 0.1) is 6.92 Å². The van der Waals surface area contributed by atoms with Gasteiger partial charge in [-0.1, -0.05) is 22.0 Å². The molecule has 4 heteroatoms. The topological polar surface area (TPSA) is 40.5 Å². The number of carbonyl (C=O) groups is 1. The maximum absolute atomic E-state index is 12.6. The fraction of sp³-hybridized carbons (Fsp3) is 0.533. The third-order valence-corrected chi connectivity index (χ3v) is 4.62. The first-order chi connectivity index (χ1) is 9.13. The highest BCUT2D eigenvalue weighted by atomic mass is 79.9. The van der Waals surface area contributed by atoms with Gasteiger partial charge in [0, 0.05) is 29.2 Å². The molecule has 1 aliphatic rings. The molecule has 1 amide bonds. The summed E-state index contributed by atoms with van der Waals surface area (Å²) in [5.74, 6) is 0.0823. The number of halogens is 1. The molecule has 0 aliphatic carbocycles. The SMILES string of the molecule is Cc1ccc(C(=O)N2CCCCC2CCO)cc1Br. The molecule has 1 aromatic rings. The molecule has 0 aromatic heterocycles. The van der Waals surface area contributed by atoms with Gasteiger partial charge in [-0.15, -0.1) is 0 Å². The summed E-state index contributed by atoms with van der Waals surface area (Å²) in [5.41, 5.74) is 1.85. The molecule has 0 radical (unpaired) electrons. The van der Waals surface area contributed by atoms with E-state index in [1.54, 1.807) is 0 Å². The maximum atomic E-state index is 12.6. The summed E-state index contributed by atoms with van der Waals surface area (Å²) in [5, 5.41) is 9.12. The summed E-state index contributed by atoms with van der Waals surface area (Å²) >= 11 is 3.47. The number of aryl methyl sites for hydroxylation is 1. The molecule has 104 valence electrons. The average Bonchev–Trinajstić information content (AvgIpc) is 2.42. The predicted molar refractivity (Wildman–Crippen MR) is 79.3 cm³/mol. The van der Waals surface area contributed by atoms with Crippen molar-refractivity contribution in [2.75, 3.05) is 13.2 Å². The smallest absolute Gasteiger partial charge is 0.254 e. The summed E-state index contributed by atoms with van der Waals surface area (Å²) in [4.78, 5) is 14.5. The second-order valence-corrected chi connectivity index (χ2v) is 5.98. The van der Waals surface area contributed by atoms with Gasteiger partial charge in [0.2, 0.25) is 0 Å². The Bertz CT molecular complexity index is 459. The minimum Gasteiger partial charge on any atom is -0.396 e. The van der Waals surface area contributed by atoms with Crippen LogP contribution in [0.15, 0.2) is 22.7 Å². The van der Waals surface area contributed by atoms with Crippen LogP contribution in [0.3, 0.4) is 0 Å². The number of nitrogens with zero attached hydrogens (tertiary/aromatic N) is 1. The minimum atomic E-state index is 0.0823. The van der Waals surface area contributed by atoms with Crippen LogP contribution in [0.4, 0.5) is 0 Å². The molecule has 0 bridgehead atoms. The third kappa shape index (κ3) is 3.37. The van der Waals surface area contributed by atoms with Crippen molar-refractivity contribution in [3.05, 3.63) is 33.8 Å². The Labute approximate surface area is 122 Å². The van der Waals surface area contributed by atoms with Gasteiger partial charge in [-0.3, -0.25) is 4.79 Å². The number of amides is 1. The monoisotopic (exact) mass is 325 g/mol. The van der Waals surface area contributed by atoms with Crippen molar-refractivity contribution < 1.29 is 9.90 Å². The number of benzene rings is 1. The summed E-state index contributed by atoms with van der Waals surface area (Å²) in [6.07, 6.45) is 3.88. The van der Waals surface area contributed by atoms with Crippen LogP contribution < -0.4 is 0 Å². The van der Waals surface area contributed by atoms with Crippen molar-refractivity contribution in [2.45, 2.75) is 38.6 Å². The van der Waals surface area contributed by atoms with E-state index in [0.717, 1.165) is 41.4 Å². The van der Waals surface area contributed by atoms with E-state index >= 15 is 0 Å². The largest absolute Gasteiger partial charge is 0.396 e. The Hall–Kier alpha value is -0.870. The summed E-state index contributed by atoms with van der Waals surface area (Å²) in [7, 11) is 0. The lowest BCUT2D eigenvalue weighted by Crippen LogP contribution is -2.44. The van der Waals surface area contributed by atoms with Gasteiger partial charge in [-0.05, 0) is 50.3 Å². The van der Waals surface area contributed by atoms with E-state index in [1.165, 1.54) is 0 Å². The molecular weight excluding hydrogens is 306 g/mol. The molecule has 1 unspecified atom stereocenters. The van der Waals surface area contributed by atoms with Gasteiger partial charge in [0.15, 0.2) is 0 Å². The van der Waals surface area contributed by atoms with Crippen LogP contribution >= 0.6 is 15.9 Å². The first-order valence-corrected chi connectivity index (χ1v) is 7.60. The van der Waals surface area contributed by atoms with E-state index in [-0.39, 0.29) is 18.6 Å². The Morgan fingerprint density at radius 3 is 2.95 bits per heavy atom. The first-order valence-electron chi connectivity index (χ1n) is 6.81. The molecule has 1 aliphatic heterocycles. The first kappa shape index (κ1) is 14.5. The fourth-order valence-corrected chi connectivity index (χ4v) is 2.99. The van der Waals surface area contributed by atoms with Gasteiger partial charge < -0.3 is 10.0 Å². The van der Waals surface area contributed by atoms with Crippen LogP contribution in [-0.4, -0.2) is 35.1 Å². The lowest BCUT2D eigenvalue weighted by molar-refractivity contribution is 0.0574. The van der Waals surface area contributed by atoms with Crippen molar-refractivity contribution in [1.29, 1.82) is 0 Å². The lowest BCUT2D eigenvalue weighted by atomic mass is 9.98. The Balaban J connectivity index is 2.18. The van der Waals surface area contributed by atoms with E-state index < -0.39 is 0 Å². The zero-order valence-corrected chi connectivity index (χ0v) is 12.8. The van der Waals surface area contributed by atoms with E-state index in [9.17, 15) is 4.79 Å². The molecule has 1 saturated heterocycles. The molecule has 1 aromatic carbocycles. The highest BCUT2D eigenvalue weighted by molar-refractivity contribution is 9.10. The normalized spacial score (nSPS) is 19.5. The Morgan fingerprint density at radius 1 is 1.47 bits per heavy atom. The predicted octanol–water partition coefficient (Wildman–Crippen LogP) is 3.13. The van der Waals surface area contributed by atoms with E-state index in [4.69, 9.17) is 5.11 Å². The number of hydrogen-bond donors (Lipinski definition) is 1. The highest BCUT2D eigenvalue weighted by Crippen LogP contribution is 2.24. The number of piperidine rings is 1. The molecule has 3 nitrogen and oxygen atoms in total. The van der Waals surface area contributed by atoms with Crippen molar-refractivity contribution in [2.24, 2.45) is 0 Å². The zero-order chi connectivity index (χ0) is 13.8. The summed E-state index contributed by atoms with van der Waals surface area (Å²) in [6, 6.07) is 5.92. The third-order valence-electron chi connectivity index (χ3n) is 3.77. The van der Waals surface area contributed by atoms with E-state index in [0.29, 0.717) is 6.42 Å². The number of aliphatic hydroxyl groups excluding tert-OH is 1. The highest BCUT2D eigenvalue weighted by Gasteiger charge is 2.27. The number of likely N-dealkylation sites (tertiary alicyclic amines) is 1. The van der Waals surface area contributed by atoms with Gasteiger partial charge in [0.25, 0.3) is 5.91 Å². The van der Waals surface area contributed by atoms with Crippen LogP contribution in [0.5, 0.6) is 0 Å². The Kier molecular flexibility index (Phi) is 4.99. The molecule has 0 spiro atoms. The van der Waals surface area contributed by atoms with Gasteiger partial charge >= 0.3 is 0 Å². The fourth-order valence-electron chi connectivity index (χ4n) is 2.61. The van der Waals surface area contributed by atoms with Crippen molar-refractivity contribution in [3.8, 4) is 0 Å². The number of carbonyl (C=O) groups excluding carboxylic acids is 1. The summed E-state index contributed by atoms with van der Waals surface area (Å²) < 4.78 is 0.967. The van der Waals surface area contributed by atoms with Crippen molar-refractivity contribution in [3.63, 3.8) is 0 Å². The zero-order valence-electron chi connectivity index (χ0n) is 11.2. The second-order valence-electron chi connectivity index (χ2n) is 5.12. The van der Waals surface area contributed by atoms with Gasteiger partial charge in [0.05, 0.1) is 0 Å². The van der Waals surface area contributed by atoms with Gasteiger partial charge in [0.1, 0.15) is 0 Å². The molecule has 0 saturated carbocycles. The molecular formula is C15H20BrNO2. The number of hydrogen-bond acceptors (Lipinski definition) is 2. The summed E-state index contributed by atoms with van der Waals surface area (Å²) in [6.45, 7) is 2.95. The quantitative estimate of drug-likeness (QED) is 0.927. The lowest BCUT2D eigenvalue weighted by Gasteiger charge is -2.35. The van der Waals surface area contributed by atoms with Crippen LogP contribution in [-0.2, 0) is 0 Å². The van der Waals surface area contributed by atoms with Crippen LogP contribution in [0.25, 0.3) is 0 Å². The second kappa shape index (κ2) is 6.53. The van der Waals surface area contributed by atoms with Crippen LogP contribution in [0.2, 0.25) is 0 Å². The molecule has 1 N–H and O–H groups in total. The maximum Gasteiger partial charge on any atom is 0.254 e. The standard InChI is InChI=1S/C15H20BrNO2/c1-11-5-6-12(10-14(11)16)15(19)17-8-3-2-4-13(17)7-9-18/h5-6,10,13,18H,2-4,7-9H2,1H3. The van der Waals surface area contributed by atoms with Crippen molar-refractivity contribution >= 4 is 21.8 Å². The molecule has 1 heterocycles. The average molecular weight is 326 g/mol. The minimum absolute atomic E-state index is 0.0823. The number of aliphatic hydroxyl groups is 1. The molecule has 2 rings (SSSR count). The molecule has 1 atom stereocenters. The van der Waals surface area contributed by atoms with Gasteiger partial charge in [-0.25, -0.2) is 0 Å². The van der Waals surface area contributed by atoms with E-state index in [1.807, 2.05) is 30.0 Å². The Morgan fingerprint density at radius 2 is 2.26 bits per heavy atom. The van der Waals surface area contributed by atoms with E-state index in [2.05, 4.69) is 15.9 Å². The molecule has 19 heavy (non-hydrogen) atoms.